The van der Waals surface area contributed by atoms with Gasteiger partial charge in [0.05, 0.1) is 6.42 Å². The van der Waals surface area contributed by atoms with Crippen molar-refractivity contribution in [2.24, 2.45) is 7.05 Å². The minimum absolute atomic E-state index is 0.127. The normalized spacial score (nSPS) is 16.7. The molecule has 3 aromatic heterocycles. The molecular formula is C20H22N6O. The summed E-state index contributed by atoms with van der Waals surface area (Å²) in [6, 6.07) is 5.74. The molecule has 0 aromatic carbocycles. The summed E-state index contributed by atoms with van der Waals surface area (Å²) < 4.78 is 1.95. The van der Waals surface area contributed by atoms with E-state index in [1.165, 1.54) is 0 Å². The lowest BCUT2D eigenvalue weighted by atomic mass is 10.1. The molecule has 1 fully saturated rings. The number of amides is 1. The van der Waals surface area contributed by atoms with E-state index < -0.39 is 0 Å². The molecule has 0 radical (unpaired) electrons. The van der Waals surface area contributed by atoms with E-state index in [0.29, 0.717) is 13.0 Å². The van der Waals surface area contributed by atoms with Crippen LogP contribution in [0.25, 0.3) is 11.5 Å². The van der Waals surface area contributed by atoms with E-state index in [-0.39, 0.29) is 11.8 Å². The summed E-state index contributed by atoms with van der Waals surface area (Å²) in [5.74, 6) is 1.90. The van der Waals surface area contributed by atoms with Crippen molar-refractivity contribution in [3.8, 4) is 11.5 Å². The van der Waals surface area contributed by atoms with Gasteiger partial charge in [-0.25, -0.2) is 15.0 Å². The van der Waals surface area contributed by atoms with Gasteiger partial charge < -0.3 is 9.47 Å². The summed E-state index contributed by atoms with van der Waals surface area (Å²) in [6.45, 7) is 3.36. The van der Waals surface area contributed by atoms with Gasteiger partial charge in [0.25, 0.3) is 0 Å². The Morgan fingerprint density at radius 2 is 2.19 bits per heavy atom. The third-order valence-electron chi connectivity index (χ3n) is 4.91. The fourth-order valence-corrected chi connectivity index (χ4v) is 3.49. The maximum absolute atomic E-state index is 12.6. The minimum atomic E-state index is 0.127. The van der Waals surface area contributed by atoms with Crippen molar-refractivity contribution in [1.82, 2.24) is 29.4 Å². The lowest BCUT2D eigenvalue weighted by Crippen LogP contribution is -2.30. The number of hydrogen-bond acceptors (Lipinski definition) is 5. The quantitative estimate of drug-likeness (QED) is 0.711. The van der Waals surface area contributed by atoms with Gasteiger partial charge in [-0.3, -0.25) is 9.78 Å². The van der Waals surface area contributed by atoms with E-state index in [2.05, 4.69) is 15.0 Å². The minimum Gasteiger partial charge on any atom is -0.342 e. The highest BCUT2D eigenvalue weighted by Gasteiger charge is 2.29. The molecule has 1 aliphatic rings. The molecule has 0 spiro atoms. The van der Waals surface area contributed by atoms with Crippen LogP contribution in [0, 0.1) is 6.92 Å². The highest BCUT2D eigenvalue weighted by atomic mass is 16.2. The van der Waals surface area contributed by atoms with Gasteiger partial charge in [0.15, 0.2) is 5.82 Å². The van der Waals surface area contributed by atoms with Crippen LogP contribution in [-0.4, -0.2) is 48.4 Å². The maximum Gasteiger partial charge on any atom is 0.227 e. The highest BCUT2D eigenvalue weighted by Crippen LogP contribution is 2.27. The van der Waals surface area contributed by atoms with Crippen molar-refractivity contribution >= 4 is 5.91 Å². The number of rotatable bonds is 4. The summed E-state index contributed by atoms with van der Waals surface area (Å²) >= 11 is 0. The first-order chi connectivity index (χ1) is 13.1. The van der Waals surface area contributed by atoms with Crippen LogP contribution in [0.5, 0.6) is 0 Å². The second-order valence-electron chi connectivity index (χ2n) is 6.98. The average molecular weight is 362 g/mol. The van der Waals surface area contributed by atoms with Crippen LogP contribution >= 0.6 is 0 Å². The van der Waals surface area contributed by atoms with Crippen molar-refractivity contribution in [3.63, 3.8) is 0 Å². The maximum atomic E-state index is 12.6. The summed E-state index contributed by atoms with van der Waals surface area (Å²) in [5.41, 5.74) is 2.68. The molecule has 4 heterocycles. The van der Waals surface area contributed by atoms with Crippen molar-refractivity contribution in [3.05, 3.63) is 60.1 Å². The van der Waals surface area contributed by atoms with Crippen LogP contribution in [0.15, 0.2) is 43.0 Å². The molecule has 7 heteroatoms. The lowest BCUT2D eigenvalue weighted by Gasteiger charge is -2.16. The van der Waals surface area contributed by atoms with Gasteiger partial charge in [-0.15, -0.1) is 0 Å². The van der Waals surface area contributed by atoms with Gasteiger partial charge in [0, 0.05) is 56.5 Å². The zero-order valence-corrected chi connectivity index (χ0v) is 15.5. The molecule has 4 rings (SSSR count). The molecule has 7 nitrogen and oxygen atoms in total. The Hall–Kier alpha value is -3.09. The number of hydrogen-bond donors (Lipinski definition) is 0. The van der Waals surface area contributed by atoms with Crippen molar-refractivity contribution in [1.29, 1.82) is 0 Å². The smallest absolute Gasteiger partial charge is 0.227 e. The zero-order chi connectivity index (χ0) is 18.8. The fraction of sp³-hybridized carbons (Fsp3) is 0.350. The molecule has 1 atom stereocenters. The molecular weight excluding hydrogens is 340 g/mol. The van der Waals surface area contributed by atoms with E-state index in [4.69, 9.17) is 4.98 Å². The number of imidazole rings is 1. The predicted molar refractivity (Wildman–Crippen MR) is 101 cm³/mol. The number of pyridine rings is 1. The molecule has 1 unspecified atom stereocenters. The summed E-state index contributed by atoms with van der Waals surface area (Å²) in [4.78, 5) is 32.4. The van der Waals surface area contributed by atoms with E-state index >= 15 is 0 Å². The largest absolute Gasteiger partial charge is 0.342 e. The van der Waals surface area contributed by atoms with Gasteiger partial charge in [0.2, 0.25) is 5.91 Å². The second-order valence-corrected chi connectivity index (χ2v) is 6.98. The first-order valence-electron chi connectivity index (χ1n) is 9.10. The lowest BCUT2D eigenvalue weighted by molar-refractivity contribution is -0.129. The first kappa shape index (κ1) is 17.3. The number of aryl methyl sites for hydroxylation is 2. The van der Waals surface area contributed by atoms with Gasteiger partial charge in [0.1, 0.15) is 11.5 Å². The van der Waals surface area contributed by atoms with Crippen LogP contribution in [0.2, 0.25) is 0 Å². The Bertz CT molecular complexity index is 952. The number of aromatic nitrogens is 5. The van der Waals surface area contributed by atoms with E-state index in [1.807, 2.05) is 47.8 Å². The van der Waals surface area contributed by atoms with Gasteiger partial charge in [-0.1, -0.05) is 6.07 Å². The molecule has 3 aromatic rings. The fourth-order valence-electron chi connectivity index (χ4n) is 3.49. The SMILES string of the molecule is Cc1cc(-c2nccn2C)nc(C2CCN(C(=O)Cc3cccnc3)C2)n1. The number of carbonyl (C=O) groups excluding carboxylic acids is 1. The zero-order valence-electron chi connectivity index (χ0n) is 15.5. The topological polar surface area (TPSA) is 76.8 Å². The van der Waals surface area contributed by atoms with Gasteiger partial charge in [-0.2, -0.15) is 0 Å². The van der Waals surface area contributed by atoms with Crippen molar-refractivity contribution in [2.45, 2.75) is 25.7 Å². The molecule has 0 saturated carbocycles. The van der Waals surface area contributed by atoms with Gasteiger partial charge >= 0.3 is 0 Å². The molecule has 0 N–H and O–H groups in total. The molecule has 1 amide bonds. The predicted octanol–water partition coefficient (Wildman–Crippen LogP) is 2.14. The van der Waals surface area contributed by atoms with Crippen LogP contribution in [0.4, 0.5) is 0 Å². The standard InChI is InChI=1S/C20H22N6O/c1-14-10-17(20-22-7-9-25(20)2)24-19(23-14)16-5-8-26(13-16)18(27)11-15-4-3-6-21-12-15/h3-4,6-7,9-10,12,16H,5,8,11,13H2,1-2H3. The Morgan fingerprint density at radius 1 is 1.30 bits per heavy atom. The third kappa shape index (κ3) is 3.72. The second kappa shape index (κ2) is 7.26. The van der Waals surface area contributed by atoms with Crippen LogP contribution in [-0.2, 0) is 18.3 Å². The van der Waals surface area contributed by atoms with E-state index in [0.717, 1.165) is 41.6 Å². The Labute approximate surface area is 158 Å². The first-order valence-corrected chi connectivity index (χ1v) is 9.10. The summed E-state index contributed by atoms with van der Waals surface area (Å²) in [5, 5.41) is 0. The van der Waals surface area contributed by atoms with Crippen LogP contribution in [0.1, 0.15) is 29.4 Å². The van der Waals surface area contributed by atoms with E-state index in [9.17, 15) is 4.79 Å². The summed E-state index contributed by atoms with van der Waals surface area (Å²) in [7, 11) is 1.95. The monoisotopic (exact) mass is 362 g/mol. The average Bonchev–Trinajstić information content (AvgIpc) is 3.31. The molecule has 27 heavy (non-hydrogen) atoms. The summed E-state index contributed by atoms with van der Waals surface area (Å²) in [6.07, 6.45) is 8.39. The number of carbonyl (C=O) groups is 1. The molecule has 138 valence electrons. The molecule has 1 aliphatic heterocycles. The Kier molecular flexibility index (Phi) is 4.66. The van der Waals surface area contributed by atoms with Crippen LogP contribution in [0.3, 0.4) is 0 Å². The van der Waals surface area contributed by atoms with Gasteiger partial charge in [-0.05, 0) is 31.0 Å². The Balaban J connectivity index is 1.50. The highest BCUT2D eigenvalue weighted by molar-refractivity contribution is 5.79. The van der Waals surface area contributed by atoms with Crippen molar-refractivity contribution < 1.29 is 4.79 Å². The third-order valence-corrected chi connectivity index (χ3v) is 4.91. The number of nitrogens with zero attached hydrogens (tertiary/aromatic N) is 6. The molecule has 0 bridgehead atoms. The van der Waals surface area contributed by atoms with Crippen LogP contribution < -0.4 is 0 Å². The van der Waals surface area contributed by atoms with E-state index in [1.54, 1.807) is 18.6 Å². The Morgan fingerprint density at radius 3 is 2.93 bits per heavy atom. The van der Waals surface area contributed by atoms with Crippen molar-refractivity contribution in [2.75, 3.05) is 13.1 Å². The molecule has 1 saturated heterocycles. The number of likely N-dealkylation sites (tertiary alicyclic amines) is 1. The molecule has 0 aliphatic carbocycles.